The van der Waals surface area contributed by atoms with Gasteiger partial charge in [-0.3, -0.25) is 9.78 Å². The minimum Gasteiger partial charge on any atom is -0.340 e. The Labute approximate surface area is 156 Å². The number of aryl methyl sites for hydroxylation is 1. The van der Waals surface area contributed by atoms with Crippen molar-refractivity contribution in [3.05, 3.63) is 47.8 Å². The lowest BCUT2D eigenvalue weighted by Gasteiger charge is -2.20. The van der Waals surface area contributed by atoms with Crippen LogP contribution in [0.25, 0.3) is 16.9 Å². The van der Waals surface area contributed by atoms with Crippen LogP contribution in [-0.2, 0) is 0 Å². The maximum atomic E-state index is 14.1. The standard InChI is InChI=1S/C18H15F4N5O/c1-9-6-14(11-7-23-5-4-13(11)19)25-16-12(8-24-27(9)16)17(28)26-15(10-2-3-10)18(20,21)22/h4-8,10,15H,2-3H2,1H3,(H,26,28). The van der Waals surface area contributed by atoms with Crippen LogP contribution in [0.1, 0.15) is 28.9 Å². The van der Waals surface area contributed by atoms with E-state index in [2.05, 4.69) is 20.4 Å². The molecule has 0 aromatic carbocycles. The smallest absolute Gasteiger partial charge is 0.340 e. The molecule has 1 fully saturated rings. The van der Waals surface area contributed by atoms with E-state index in [0.717, 1.165) is 6.20 Å². The third-order valence-electron chi connectivity index (χ3n) is 4.67. The first-order valence-electron chi connectivity index (χ1n) is 8.58. The molecule has 0 bridgehead atoms. The fourth-order valence-corrected chi connectivity index (χ4v) is 3.09. The van der Waals surface area contributed by atoms with E-state index in [4.69, 9.17) is 0 Å². The number of hydrogen-bond acceptors (Lipinski definition) is 4. The van der Waals surface area contributed by atoms with E-state index in [1.807, 2.05) is 0 Å². The second-order valence-electron chi connectivity index (χ2n) is 6.76. The van der Waals surface area contributed by atoms with Gasteiger partial charge in [0, 0.05) is 18.1 Å². The highest BCUT2D eigenvalue weighted by molar-refractivity contribution is 6.00. The van der Waals surface area contributed by atoms with Gasteiger partial charge in [-0.05, 0) is 37.8 Å². The SMILES string of the molecule is Cc1cc(-c2cnccc2F)nc2c(C(=O)NC(C3CC3)C(F)(F)F)cnn12. The summed E-state index contributed by atoms with van der Waals surface area (Å²) in [6.45, 7) is 1.67. The maximum Gasteiger partial charge on any atom is 0.408 e. The molecule has 1 aliphatic rings. The van der Waals surface area contributed by atoms with Gasteiger partial charge in [0.25, 0.3) is 5.91 Å². The lowest BCUT2D eigenvalue weighted by Crippen LogP contribution is -2.46. The molecule has 1 aliphatic carbocycles. The van der Waals surface area contributed by atoms with Crippen LogP contribution in [0.4, 0.5) is 17.6 Å². The molecule has 146 valence electrons. The molecule has 1 unspecified atom stereocenters. The number of alkyl halides is 3. The van der Waals surface area contributed by atoms with Crippen molar-refractivity contribution < 1.29 is 22.4 Å². The van der Waals surface area contributed by atoms with Crippen molar-refractivity contribution in [2.24, 2.45) is 5.92 Å². The zero-order valence-corrected chi connectivity index (χ0v) is 14.7. The van der Waals surface area contributed by atoms with Crippen LogP contribution in [0, 0.1) is 18.7 Å². The highest BCUT2D eigenvalue weighted by Crippen LogP contribution is 2.40. The number of nitrogens with zero attached hydrogens (tertiary/aromatic N) is 4. The Morgan fingerprint density at radius 1 is 1.32 bits per heavy atom. The van der Waals surface area contributed by atoms with Gasteiger partial charge < -0.3 is 5.32 Å². The number of rotatable bonds is 4. The average Bonchev–Trinajstić information content (AvgIpc) is 3.37. The summed E-state index contributed by atoms with van der Waals surface area (Å²) in [4.78, 5) is 20.7. The molecule has 3 aromatic rings. The lowest BCUT2D eigenvalue weighted by atomic mass is 10.1. The van der Waals surface area contributed by atoms with Crippen molar-refractivity contribution in [1.29, 1.82) is 0 Å². The molecule has 0 radical (unpaired) electrons. The molecular formula is C18H15F4N5O. The summed E-state index contributed by atoms with van der Waals surface area (Å²) in [5, 5.41) is 6.09. The molecule has 28 heavy (non-hydrogen) atoms. The van der Waals surface area contributed by atoms with Crippen LogP contribution in [0.15, 0.2) is 30.7 Å². The van der Waals surface area contributed by atoms with E-state index in [1.54, 1.807) is 13.0 Å². The van der Waals surface area contributed by atoms with Crippen molar-refractivity contribution in [1.82, 2.24) is 24.9 Å². The third kappa shape index (κ3) is 3.30. The number of nitrogens with one attached hydrogen (secondary N) is 1. The molecule has 3 heterocycles. The van der Waals surface area contributed by atoms with Crippen molar-refractivity contribution >= 4 is 11.6 Å². The van der Waals surface area contributed by atoms with Gasteiger partial charge in [0.2, 0.25) is 0 Å². The molecule has 6 nitrogen and oxygen atoms in total. The molecule has 0 aliphatic heterocycles. The maximum absolute atomic E-state index is 14.1. The van der Waals surface area contributed by atoms with Gasteiger partial charge in [-0.1, -0.05) is 0 Å². The lowest BCUT2D eigenvalue weighted by molar-refractivity contribution is -0.158. The Kier molecular flexibility index (Phi) is 4.28. The fraction of sp³-hybridized carbons (Fsp3) is 0.333. The first-order valence-corrected chi connectivity index (χ1v) is 8.58. The molecule has 0 saturated heterocycles. The summed E-state index contributed by atoms with van der Waals surface area (Å²) in [6, 6.07) is 0.823. The monoisotopic (exact) mass is 393 g/mol. The van der Waals surface area contributed by atoms with Crippen molar-refractivity contribution in [2.45, 2.75) is 32.0 Å². The van der Waals surface area contributed by atoms with Gasteiger partial charge >= 0.3 is 6.18 Å². The number of carbonyl (C=O) groups is 1. The molecule has 3 aromatic heterocycles. The second-order valence-corrected chi connectivity index (χ2v) is 6.76. The van der Waals surface area contributed by atoms with E-state index in [9.17, 15) is 22.4 Å². The molecular weight excluding hydrogens is 378 g/mol. The predicted octanol–water partition coefficient (Wildman–Crippen LogP) is 3.31. The zero-order chi connectivity index (χ0) is 20.1. The summed E-state index contributed by atoms with van der Waals surface area (Å²) in [5.41, 5.74) is 0.806. The zero-order valence-electron chi connectivity index (χ0n) is 14.7. The summed E-state index contributed by atoms with van der Waals surface area (Å²) in [6.07, 6.45) is 0.0388. The van der Waals surface area contributed by atoms with E-state index < -0.39 is 29.9 Å². The normalized spacial score (nSPS) is 15.6. The van der Waals surface area contributed by atoms with Crippen LogP contribution in [0.3, 0.4) is 0 Å². The highest BCUT2D eigenvalue weighted by atomic mass is 19.4. The summed E-state index contributed by atoms with van der Waals surface area (Å²) < 4.78 is 55.1. The highest BCUT2D eigenvalue weighted by Gasteiger charge is 2.49. The summed E-state index contributed by atoms with van der Waals surface area (Å²) in [7, 11) is 0. The molecule has 1 atom stereocenters. The van der Waals surface area contributed by atoms with Crippen LogP contribution in [-0.4, -0.2) is 37.7 Å². The molecule has 0 spiro atoms. The molecule has 10 heteroatoms. The number of amides is 1. The van der Waals surface area contributed by atoms with Crippen LogP contribution < -0.4 is 5.32 Å². The minimum absolute atomic E-state index is 0.0486. The van der Waals surface area contributed by atoms with E-state index in [0.29, 0.717) is 18.5 Å². The first-order chi connectivity index (χ1) is 13.3. The van der Waals surface area contributed by atoms with Crippen molar-refractivity contribution in [2.75, 3.05) is 0 Å². The number of fused-ring (bicyclic) bond motifs is 1. The Hall–Kier alpha value is -3.04. The van der Waals surface area contributed by atoms with Crippen molar-refractivity contribution in [3.8, 4) is 11.3 Å². The van der Waals surface area contributed by atoms with Crippen LogP contribution in [0.5, 0.6) is 0 Å². The first kappa shape index (κ1) is 18.3. The minimum atomic E-state index is -4.53. The number of pyridine rings is 1. The van der Waals surface area contributed by atoms with Crippen molar-refractivity contribution in [3.63, 3.8) is 0 Å². The molecule has 1 saturated carbocycles. The van der Waals surface area contributed by atoms with Gasteiger partial charge in [-0.25, -0.2) is 13.9 Å². The number of aromatic nitrogens is 4. The van der Waals surface area contributed by atoms with Gasteiger partial charge in [0.05, 0.1) is 17.5 Å². The predicted molar refractivity (Wildman–Crippen MR) is 90.9 cm³/mol. The Bertz CT molecular complexity index is 1060. The van der Waals surface area contributed by atoms with Crippen LogP contribution >= 0.6 is 0 Å². The topological polar surface area (TPSA) is 72.2 Å². The number of halogens is 4. The van der Waals surface area contributed by atoms with Gasteiger partial charge in [-0.15, -0.1) is 0 Å². The van der Waals surface area contributed by atoms with Gasteiger partial charge in [0.1, 0.15) is 17.4 Å². The number of carbonyl (C=O) groups excluding carboxylic acids is 1. The van der Waals surface area contributed by atoms with E-state index in [1.165, 1.54) is 23.0 Å². The number of hydrogen-bond donors (Lipinski definition) is 1. The Morgan fingerprint density at radius 3 is 2.71 bits per heavy atom. The largest absolute Gasteiger partial charge is 0.408 e. The average molecular weight is 393 g/mol. The molecule has 1 amide bonds. The van der Waals surface area contributed by atoms with E-state index in [-0.39, 0.29) is 22.5 Å². The quantitative estimate of drug-likeness (QED) is 0.691. The fourth-order valence-electron chi connectivity index (χ4n) is 3.09. The van der Waals surface area contributed by atoms with Gasteiger partial charge in [0.15, 0.2) is 5.65 Å². The summed E-state index contributed by atoms with van der Waals surface area (Å²) >= 11 is 0. The van der Waals surface area contributed by atoms with Gasteiger partial charge in [-0.2, -0.15) is 18.3 Å². The Morgan fingerprint density at radius 2 is 2.07 bits per heavy atom. The summed E-state index contributed by atoms with van der Waals surface area (Å²) in [5.74, 6) is -2.08. The third-order valence-corrected chi connectivity index (χ3v) is 4.67. The Balaban J connectivity index is 1.74. The molecule has 4 rings (SSSR count). The molecule has 1 N–H and O–H groups in total. The van der Waals surface area contributed by atoms with E-state index >= 15 is 0 Å². The van der Waals surface area contributed by atoms with Crippen LogP contribution in [0.2, 0.25) is 0 Å². The second kappa shape index (κ2) is 6.54.